The molecule has 1 heterocycles. The maximum atomic E-state index is 12.0. The summed E-state index contributed by atoms with van der Waals surface area (Å²) in [5.74, 6) is 0.643. The van der Waals surface area contributed by atoms with Gasteiger partial charge in [0.15, 0.2) is 0 Å². The van der Waals surface area contributed by atoms with Crippen molar-refractivity contribution in [3.63, 3.8) is 0 Å². The first-order chi connectivity index (χ1) is 9.18. The van der Waals surface area contributed by atoms with Crippen LogP contribution in [0.5, 0.6) is 0 Å². The number of hydrogen-bond acceptors (Lipinski definition) is 3. The molecule has 0 unspecified atom stereocenters. The molecule has 110 valence electrons. The zero-order valence-electron chi connectivity index (χ0n) is 12.1. The second-order valence-corrected chi connectivity index (χ2v) is 6.18. The minimum absolute atomic E-state index is 0.0836. The average molecular weight is 268 g/mol. The first-order valence-electron chi connectivity index (χ1n) is 7.84. The summed E-state index contributed by atoms with van der Waals surface area (Å²) in [5.41, 5.74) is 0. The van der Waals surface area contributed by atoms with Crippen molar-refractivity contribution in [2.24, 2.45) is 5.92 Å². The zero-order chi connectivity index (χ0) is 13.7. The van der Waals surface area contributed by atoms with E-state index in [2.05, 4.69) is 10.2 Å². The number of nitrogens with zero attached hydrogens (tertiary/aromatic N) is 1. The number of aliphatic hydroxyl groups excluding tert-OH is 1. The third kappa shape index (κ3) is 4.18. The summed E-state index contributed by atoms with van der Waals surface area (Å²) in [6.45, 7) is 1.79. The van der Waals surface area contributed by atoms with Crippen molar-refractivity contribution in [2.75, 3.05) is 20.1 Å². The number of likely N-dealkylation sites (tertiary alicyclic amines) is 1. The third-order valence-corrected chi connectivity index (χ3v) is 4.74. The van der Waals surface area contributed by atoms with E-state index in [9.17, 15) is 9.90 Å². The van der Waals surface area contributed by atoms with Gasteiger partial charge in [-0.15, -0.1) is 0 Å². The third-order valence-electron chi connectivity index (χ3n) is 4.74. The van der Waals surface area contributed by atoms with Crippen molar-refractivity contribution in [2.45, 2.75) is 63.5 Å². The summed E-state index contributed by atoms with van der Waals surface area (Å²) in [4.78, 5) is 14.1. The van der Waals surface area contributed by atoms with E-state index in [0.717, 1.165) is 51.6 Å². The van der Waals surface area contributed by atoms with Crippen LogP contribution in [0.1, 0.15) is 51.4 Å². The minimum Gasteiger partial charge on any atom is -0.393 e. The van der Waals surface area contributed by atoms with Crippen LogP contribution >= 0.6 is 0 Å². The zero-order valence-corrected chi connectivity index (χ0v) is 12.1. The van der Waals surface area contributed by atoms with Crippen LogP contribution in [0.4, 0.5) is 0 Å². The highest BCUT2D eigenvalue weighted by molar-refractivity contribution is 5.81. The predicted molar refractivity (Wildman–Crippen MR) is 75.9 cm³/mol. The Balaban J connectivity index is 1.59. The molecule has 2 N–H and O–H groups in total. The van der Waals surface area contributed by atoms with Crippen LogP contribution in [0.2, 0.25) is 0 Å². The van der Waals surface area contributed by atoms with Gasteiger partial charge in [-0.3, -0.25) is 9.69 Å². The Labute approximate surface area is 116 Å². The molecule has 1 saturated heterocycles. The number of nitrogens with one attached hydrogen (secondary N) is 1. The first kappa shape index (κ1) is 14.8. The summed E-state index contributed by atoms with van der Waals surface area (Å²) in [5, 5.41) is 12.9. The van der Waals surface area contributed by atoms with Crippen molar-refractivity contribution in [1.29, 1.82) is 0 Å². The molecule has 4 heteroatoms. The van der Waals surface area contributed by atoms with Gasteiger partial charge in [0, 0.05) is 6.54 Å². The Bertz CT molecular complexity index is 296. The lowest BCUT2D eigenvalue weighted by molar-refractivity contribution is -0.125. The molecular formula is C15H28N2O2. The minimum atomic E-state index is -0.106. The normalized spacial score (nSPS) is 32.4. The fourth-order valence-corrected chi connectivity index (χ4v) is 3.46. The average Bonchev–Trinajstić information content (AvgIpc) is 2.82. The van der Waals surface area contributed by atoms with Crippen molar-refractivity contribution < 1.29 is 9.90 Å². The van der Waals surface area contributed by atoms with Gasteiger partial charge in [-0.1, -0.05) is 12.8 Å². The van der Waals surface area contributed by atoms with Crippen LogP contribution in [0.3, 0.4) is 0 Å². The van der Waals surface area contributed by atoms with E-state index in [1.165, 1.54) is 12.8 Å². The van der Waals surface area contributed by atoms with Gasteiger partial charge < -0.3 is 10.4 Å². The number of aliphatic hydroxyl groups is 1. The maximum absolute atomic E-state index is 12.0. The lowest BCUT2D eigenvalue weighted by Crippen LogP contribution is -2.41. The highest BCUT2D eigenvalue weighted by atomic mass is 16.3. The van der Waals surface area contributed by atoms with Gasteiger partial charge >= 0.3 is 0 Å². The van der Waals surface area contributed by atoms with Gasteiger partial charge in [-0.2, -0.15) is 0 Å². The molecule has 0 bridgehead atoms. The van der Waals surface area contributed by atoms with Gasteiger partial charge in [0.1, 0.15) is 0 Å². The lowest BCUT2D eigenvalue weighted by atomic mass is 9.83. The fraction of sp³-hybridized carbons (Fsp3) is 0.933. The van der Waals surface area contributed by atoms with Gasteiger partial charge in [0.25, 0.3) is 0 Å². The summed E-state index contributed by atoms with van der Waals surface area (Å²) in [6.07, 6.45) is 8.58. The first-order valence-corrected chi connectivity index (χ1v) is 7.84. The van der Waals surface area contributed by atoms with Gasteiger partial charge in [0.2, 0.25) is 5.91 Å². The number of hydrogen-bond donors (Lipinski definition) is 2. The fourth-order valence-electron chi connectivity index (χ4n) is 3.46. The van der Waals surface area contributed by atoms with E-state index < -0.39 is 0 Å². The van der Waals surface area contributed by atoms with Crippen LogP contribution in [0.25, 0.3) is 0 Å². The summed E-state index contributed by atoms with van der Waals surface area (Å²) < 4.78 is 0. The number of carbonyl (C=O) groups is 1. The summed E-state index contributed by atoms with van der Waals surface area (Å²) >= 11 is 0. The van der Waals surface area contributed by atoms with Crippen molar-refractivity contribution in [1.82, 2.24) is 10.2 Å². The monoisotopic (exact) mass is 268 g/mol. The summed E-state index contributed by atoms with van der Waals surface area (Å²) in [7, 11) is 2.02. The highest BCUT2D eigenvalue weighted by Gasteiger charge is 2.27. The van der Waals surface area contributed by atoms with E-state index in [4.69, 9.17) is 0 Å². The van der Waals surface area contributed by atoms with E-state index in [1.54, 1.807) is 0 Å². The van der Waals surface area contributed by atoms with E-state index in [-0.39, 0.29) is 18.1 Å². The molecule has 1 amide bonds. The van der Waals surface area contributed by atoms with Crippen molar-refractivity contribution >= 4 is 5.91 Å². The topological polar surface area (TPSA) is 52.6 Å². The molecule has 1 aliphatic carbocycles. The van der Waals surface area contributed by atoms with Gasteiger partial charge in [0.05, 0.1) is 12.1 Å². The molecule has 2 aliphatic rings. The summed E-state index contributed by atoms with van der Waals surface area (Å²) in [6, 6.07) is 0.0836. The molecule has 0 spiro atoms. The van der Waals surface area contributed by atoms with Gasteiger partial charge in [-0.25, -0.2) is 0 Å². The molecule has 1 aliphatic heterocycles. The van der Waals surface area contributed by atoms with Crippen molar-refractivity contribution in [3.05, 3.63) is 0 Å². The maximum Gasteiger partial charge on any atom is 0.237 e. The molecule has 3 atom stereocenters. The van der Waals surface area contributed by atoms with E-state index in [1.807, 2.05) is 7.05 Å². The standard InChI is InChI=1S/C15H28N2O2/c1-17-11-5-8-13(17)15(19)16-10-4-7-12-6-2-3-9-14(12)18/h12-14,18H,2-11H2,1H3,(H,16,19)/t12-,13-,14-/m1/s1. The quantitative estimate of drug-likeness (QED) is 0.744. The van der Waals surface area contributed by atoms with Crippen LogP contribution in [0, 0.1) is 5.92 Å². The van der Waals surface area contributed by atoms with Crippen LogP contribution in [0.15, 0.2) is 0 Å². The number of amides is 1. The van der Waals surface area contributed by atoms with Crippen LogP contribution in [-0.4, -0.2) is 48.2 Å². The molecule has 1 saturated carbocycles. The number of rotatable bonds is 5. The molecular weight excluding hydrogens is 240 g/mol. The SMILES string of the molecule is CN1CCC[C@@H]1C(=O)NCCC[C@H]1CCCC[C@H]1O. The molecule has 2 fully saturated rings. The Hall–Kier alpha value is -0.610. The number of likely N-dealkylation sites (N-methyl/N-ethyl adjacent to an activating group) is 1. The lowest BCUT2D eigenvalue weighted by Gasteiger charge is -2.27. The van der Waals surface area contributed by atoms with Crippen LogP contribution in [-0.2, 0) is 4.79 Å². The Morgan fingerprint density at radius 2 is 2.05 bits per heavy atom. The predicted octanol–water partition coefficient (Wildman–Crippen LogP) is 1.53. The molecule has 0 aromatic heterocycles. The molecule has 0 radical (unpaired) electrons. The highest BCUT2D eigenvalue weighted by Crippen LogP contribution is 2.27. The molecule has 19 heavy (non-hydrogen) atoms. The van der Waals surface area contributed by atoms with E-state index >= 15 is 0 Å². The smallest absolute Gasteiger partial charge is 0.237 e. The number of carbonyl (C=O) groups excluding carboxylic acids is 1. The molecule has 2 rings (SSSR count). The molecule has 4 nitrogen and oxygen atoms in total. The molecule has 0 aromatic carbocycles. The second-order valence-electron chi connectivity index (χ2n) is 6.18. The largest absolute Gasteiger partial charge is 0.393 e. The Morgan fingerprint density at radius 3 is 2.74 bits per heavy atom. The van der Waals surface area contributed by atoms with Crippen LogP contribution < -0.4 is 5.32 Å². The van der Waals surface area contributed by atoms with Crippen molar-refractivity contribution in [3.8, 4) is 0 Å². The second kappa shape index (κ2) is 7.25. The van der Waals surface area contributed by atoms with E-state index in [0.29, 0.717) is 5.92 Å². The molecule has 0 aromatic rings. The Kier molecular flexibility index (Phi) is 5.64. The Morgan fingerprint density at radius 1 is 1.26 bits per heavy atom. The van der Waals surface area contributed by atoms with Gasteiger partial charge in [-0.05, 0) is 58.0 Å².